The van der Waals surface area contributed by atoms with Gasteiger partial charge >= 0.3 is 0 Å². The first-order chi connectivity index (χ1) is 10.1. The Morgan fingerprint density at radius 3 is 2.71 bits per heavy atom. The third-order valence-corrected chi connectivity index (χ3v) is 3.66. The maximum Gasteiger partial charge on any atom is 0.177 e. The first-order valence-corrected chi connectivity index (χ1v) is 7.22. The highest BCUT2D eigenvalue weighted by Crippen LogP contribution is 2.19. The summed E-state index contributed by atoms with van der Waals surface area (Å²) in [5.74, 6) is 2.40. The van der Waals surface area contributed by atoms with Crippen LogP contribution >= 0.6 is 0 Å². The molecule has 6 nitrogen and oxygen atoms in total. The van der Waals surface area contributed by atoms with Crippen molar-refractivity contribution in [3.8, 4) is 5.82 Å². The molecular weight excluding hydrogens is 264 g/mol. The zero-order valence-corrected chi connectivity index (χ0v) is 12.6. The number of hydrogen-bond acceptors (Lipinski definition) is 4. The van der Waals surface area contributed by atoms with E-state index in [4.69, 9.17) is 10.7 Å². The summed E-state index contributed by atoms with van der Waals surface area (Å²) in [6.45, 7) is 5.92. The molecule has 3 aromatic rings. The van der Waals surface area contributed by atoms with Crippen LogP contribution in [0.25, 0.3) is 11.5 Å². The second-order valence-corrected chi connectivity index (χ2v) is 5.30. The molecule has 0 aliphatic carbocycles. The maximum absolute atomic E-state index is 6.16. The van der Waals surface area contributed by atoms with Gasteiger partial charge in [0.05, 0.1) is 5.69 Å². The molecule has 0 aliphatic rings. The smallest absolute Gasteiger partial charge is 0.177 e. The molecule has 1 unspecified atom stereocenters. The monoisotopic (exact) mass is 284 g/mol. The van der Waals surface area contributed by atoms with E-state index >= 15 is 0 Å². The molecule has 0 radical (unpaired) electrons. The van der Waals surface area contributed by atoms with Crippen molar-refractivity contribution < 1.29 is 0 Å². The highest BCUT2D eigenvalue weighted by atomic mass is 15.4. The molecule has 0 aromatic carbocycles. The average molecular weight is 284 g/mol. The Hall–Kier alpha value is -2.21. The number of fused-ring (bicyclic) bond motifs is 1. The summed E-state index contributed by atoms with van der Waals surface area (Å²) in [6, 6.07) is 6.08. The summed E-state index contributed by atoms with van der Waals surface area (Å²) in [7, 11) is 0. The van der Waals surface area contributed by atoms with Gasteiger partial charge in [-0.1, -0.05) is 13.0 Å². The van der Waals surface area contributed by atoms with Crippen molar-refractivity contribution in [2.45, 2.75) is 39.7 Å². The SMILES string of the molecule is CCC(N)Cc1c(-n2nc(C)nc2C)nc2ccccn12. The van der Waals surface area contributed by atoms with Crippen LogP contribution in [-0.2, 0) is 6.42 Å². The van der Waals surface area contributed by atoms with Gasteiger partial charge in [0.15, 0.2) is 5.82 Å². The molecule has 2 N–H and O–H groups in total. The fourth-order valence-electron chi connectivity index (χ4n) is 2.51. The normalized spacial score (nSPS) is 13.0. The van der Waals surface area contributed by atoms with E-state index in [2.05, 4.69) is 21.4 Å². The Morgan fingerprint density at radius 1 is 1.24 bits per heavy atom. The van der Waals surface area contributed by atoms with Crippen LogP contribution in [0, 0.1) is 13.8 Å². The van der Waals surface area contributed by atoms with E-state index in [0.717, 1.165) is 41.6 Å². The molecule has 0 fully saturated rings. The number of pyridine rings is 1. The van der Waals surface area contributed by atoms with E-state index in [0.29, 0.717) is 0 Å². The number of aromatic nitrogens is 5. The van der Waals surface area contributed by atoms with Crippen LogP contribution < -0.4 is 5.73 Å². The van der Waals surface area contributed by atoms with Gasteiger partial charge in [0.25, 0.3) is 0 Å². The summed E-state index contributed by atoms with van der Waals surface area (Å²) < 4.78 is 3.89. The lowest BCUT2D eigenvalue weighted by Gasteiger charge is -2.10. The number of imidazole rings is 1. The van der Waals surface area contributed by atoms with Crippen molar-refractivity contribution >= 4 is 5.65 Å². The Bertz CT molecular complexity index is 770. The van der Waals surface area contributed by atoms with Gasteiger partial charge in [0, 0.05) is 18.7 Å². The molecule has 1 atom stereocenters. The predicted molar refractivity (Wildman–Crippen MR) is 81.6 cm³/mol. The van der Waals surface area contributed by atoms with Crippen molar-refractivity contribution in [2.75, 3.05) is 0 Å². The van der Waals surface area contributed by atoms with Crippen LogP contribution in [-0.4, -0.2) is 30.2 Å². The fraction of sp³-hybridized carbons (Fsp3) is 0.400. The lowest BCUT2D eigenvalue weighted by Crippen LogP contribution is -2.23. The summed E-state index contributed by atoms with van der Waals surface area (Å²) in [5.41, 5.74) is 8.14. The van der Waals surface area contributed by atoms with E-state index < -0.39 is 0 Å². The van der Waals surface area contributed by atoms with Crippen LogP contribution in [0.2, 0.25) is 0 Å². The minimum Gasteiger partial charge on any atom is -0.327 e. The van der Waals surface area contributed by atoms with Gasteiger partial charge in [-0.05, 0) is 32.4 Å². The molecule has 6 heteroatoms. The number of hydrogen-bond donors (Lipinski definition) is 1. The Morgan fingerprint density at radius 2 is 2.05 bits per heavy atom. The summed E-state index contributed by atoms with van der Waals surface area (Å²) in [6.07, 6.45) is 3.70. The lowest BCUT2D eigenvalue weighted by molar-refractivity contribution is 0.628. The van der Waals surface area contributed by atoms with E-state index in [9.17, 15) is 0 Å². The van der Waals surface area contributed by atoms with Crippen molar-refractivity contribution in [1.29, 1.82) is 0 Å². The second kappa shape index (κ2) is 5.29. The van der Waals surface area contributed by atoms with Crippen LogP contribution in [0.5, 0.6) is 0 Å². The molecule has 0 spiro atoms. The minimum absolute atomic E-state index is 0.105. The van der Waals surface area contributed by atoms with Crippen molar-refractivity contribution in [2.24, 2.45) is 5.73 Å². The molecule has 3 rings (SSSR count). The van der Waals surface area contributed by atoms with E-state index in [-0.39, 0.29) is 6.04 Å². The lowest BCUT2D eigenvalue weighted by atomic mass is 10.1. The summed E-state index contributed by atoms with van der Waals surface area (Å²) in [4.78, 5) is 9.08. The first-order valence-electron chi connectivity index (χ1n) is 7.22. The van der Waals surface area contributed by atoms with E-state index in [1.165, 1.54) is 0 Å². The van der Waals surface area contributed by atoms with Crippen LogP contribution in [0.3, 0.4) is 0 Å². The quantitative estimate of drug-likeness (QED) is 0.793. The number of nitrogens with zero attached hydrogens (tertiary/aromatic N) is 5. The Kier molecular flexibility index (Phi) is 3.47. The molecule has 110 valence electrons. The molecule has 0 bridgehead atoms. The Labute approximate surface area is 123 Å². The first kappa shape index (κ1) is 13.8. The summed E-state index contributed by atoms with van der Waals surface area (Å²) >= 11 is 0. The van der Waals surface area contributed by atoms with Crippen molar-refractivity contribution in [3.05, 3.63) is 41.7 Å². The van der Waals surface area contributed by atoms with Gasteiger partial charge in [-0.3, -0.25) is 0 Å². The number of aryl methyl sites for hydroxylation is 2. The molecule has 3 heterocycles. The zero-order valence-electron chi connectivity index (χ0n) is 12.6. The summed E-state index contributed by atoms with van der Waals surface area (Å²) in [5, 5.41) is 4.46. The van der Waals surface area contributed by atoms with Gasteiger partial charge in [-0.2, -0.15) is 4.68 Å². The largest absolute Gasteiger partial charge is 0.327 e. The van der Waals surface area contributed by atoms with E-state index in [1.807, 2.05) is 38.2 Å². The molecule has 0 saturated carbocycles. The van der Waals surface area contributed by atoms with Gasteiger partial charge in [-0.25, -0.2) is 9.97 Å². The maximum atomic E-state index is 6.16. The average Bonchev–Trinajstić information content (AvgIpc) is 2.99. The topological polar surface area (TPSA) is 74.0 Å². The fourth-order valence-corrected chi connectivity index (χ4v) is 2.51. The van der Waals surface area contributed by atoms with E-state index in [1.54, 1.807) is 4.68 Å². The van der Waals surface area contributed by atoms with Gasteiger partial charge in [-0.15, -0.1) is 5.10 Å². The predicted octanol–water partition coefficient (Wildman–Crippen LogP) is 1.81. The highest BCUT2D eigenvalue weighted by Gasteiger charge is 2.18. The number of rotatable bonds is 4. The molecule has 0 aliphatic heterocycles. The van der Waals surface area contributed by atoms with Crippen LogP contribution in [0.1, 0.15) is 30.7 Å². The van der Waals surface area contributed by atoms with Crippen molar-refractivity contribution in [1.82, 2.24) is 24.1 Å². The second-order valence-electron chi connectivity index (χ2n) is 5.30. The minimum atomic E-state index is 0.105. The molecule has 21 heavy (non-hydrogen) atoms. The molecular formula is C15H20N6. The number of nitrogens with two attached hydrogens (primary N) is 1. The van der Waals surface area contributed by atoms with Crippen LogP contribution in [0.15, 0.2) is 24.4 Å². The molecule has 0 amide bonds. The molecule has 0 saturated heterocycles. The van der Waals surface area contributed by atoms with Gasteiger partial charge in [0.2, 0.25) is 0 Å². The zero-order chi connectivity index (χ0) is 15.0. The standard InChI is InChI=1S/C15H20N6/c1-4-12(16)9-13-15(21-11(3)17-10(2)19-21)18-14-7-5-6-8-20(13)14/h5-8,12H,4,9,16H2,1-3H3. The molecule has 3 aromatic heterocycles. The third kappa shape index (κ3) is 2.42. The third-order valence-electron chi connectivity index (χ3n) is 3.66. The Balaban J connectivity index is 2.21. The van der Waals surface area contributed by atoms with Gasteiger partial charge < -0.3 is 10.1 Å². The van der Waals surface area contributed by atoms with Gasteiger partial charge in [0.1, 0.15) is 17.3 Å². The highest BCUT2D eigenvalue weighted by molar-refractivity contribution is 5.49. The van der Waals surface area contributed by atoms with Crippen molar-refractivity contribution in [3.63, 3.8) is 0 Å². The van der Waals surface area contributed by atoms with Crippen LogP contribution in [0.4, 0.5) is 0 Å².